The van der Waals surface area contributed by atoms with Crippen LogP contribution in [0.3, 0.4) is 0 Å². The summed E-state index contributed by atoms with van der Waals surface area (Å²) in [5, 5.41) is 10.6. The standard InChI is InChI=1S/C27H24O8/c1-17-21(33-24(28)18-11-5-2-6-12-18)22(34-25(29)19-13-7-3-8-14-19)23(27(31)32-17)35-26(30)20-15-9-4-10-16-20/h2-17,21-23,27,31H,1H3/t17-,21+,22+,23-,27+/m0/s1. The molecule has 8 heteroatoms. The Morgan fingerprint density at radius 1 is 0.600 bits per heavy atom. The molecule has 35 heavy (non-hydrogen) atoms. The van der Waals surface area contributed by atoms with E-state index in [4.69, 9.17) is 18.9 Å². The van der Waals surface area contributed by atoms with Crippen LogP contribution in [-0.2, 0) is 18.9 Å². The summed E-state index contributed by atoms with van der Waals surface area (Å²) in [5.41, 5.74) is 0.739. The molecule has 1 aliphatic rings. The van der Waals surface area contributed by atoms with Crippen LogP contribution in [0.4, 0.5) is 0 Å². The van der Waals surface area contributed by atoms with Crippen molar-refractivity contribution in [1.29, 1.82) is 0 Å². The predicted molar refractivity (Wildman–Crippen MR) is 123 cm³/mol. The third-order valence-electron chi connectivity index (χ3n) is 5.50. The van der Waals surface area contributed by atoms with Crippen molar-refractivity contribution in [1.82, 2.24) is 0 Å². The minimum atomic E-state index is -1.63. The van der Waals surface area contributed by atoms with E-state index >= 15 is 0 Å². The van der Waals surface area contributed by atoms with Gasteiger partial charge in [0.1, 0.15) is 0 Å². The van der Waals surface area contributed by atoms with Crippen LogP contribution in [0.2, 0.25) is 0 Å². The van der Waals surface area contributed by atoms with Gasteiger partial charge in [-0.05, 0) is 43.3 Å². The summed E-state index contributed by atoms with van der Waals surface area (Å²) < 4.78 is 22.4. The van der Waals surface area contributed by atoms with E-state index in [0.29, 0.717) is 0 Å². The molecule has 180 valence electrons. The number of carbonyl (C=O) groups excluding carboxylic acids is 3. The normalized spacial score (nSPS) is 23.7. The molecule has 1 saturated heterocycles. The van der Waals surface area contributed by atoms with Crippen molar-refractivity contribution in [2.75, 3.05) is 0 Å². The van der Waals surface area contributed by atoms with Gasteiger partial charge in [-0.15, -0.1) is 0 Å². The molecule has 8 nitrogen and oxygen atoms in total. The van der Waals surface area contributed by atoms with E-state index < -0.39 is 48.6 Å². The molecule has 1 N–H and O–H groups in total. The van der Waals surface area contributed by atoms with E-state index in [0.717, 1.165) is 0 Å². The number of hydrogen-bond acceptors (Lipinski definition) is 8. The summed E-state index contributed by atoms with van der Waals surface area (Å²) in [6.07, 6.45) is -6.48. The largest absolute Gasteiger partial charge is 0.452 e. The maximum atomic E-state index is 12.9. The van der Waals surface area contributed by atoms with Crippen molar-refractivity contribution >= 4 is 17.9 Å². The van der Waals surface area contributed by atoms with Crippen molar-refractivity contribution in [2.24, 2.45) is 0 Å². The number of hydrogen-bond donors (Lipinski definition) is 1. The number of aliphatic hydroxyl groups excluding tert-OH is 1. The second kappa shape index (κ2) is 10.9. The molecule has 0 bridgehead atoms. The molecule has 0 aromatic heterocycles. The minimum Gasteiger partial charge on any atom is -0.452 e. The molecule has 1 fully saturated rings. The van der Waals surface area contributed by atoms with Gasteiger partial charge in [-0.2, -0.15) is 0 Å². The van der Waals surface area contributed by atoms with Gasteiger partial charge in [-0.1, -0.05) is 54.6 Å². The van der Waals surface area contributed by atoms with E-state index in [2.05, 4.69) is 0 Å². The maximum absolute atomic E-state index is 12.9. The van der Waals surface area contributed by atoms with Gasteiger partial charge in [0, 0.05) is 0 Å². The Hall–Kier alpha value is -4.01. The van der Waals surface area contributed by atoms with E-state index in [-0.39, 0.29) is 16.7 Å². The van der Waals surface area contributed by atoms with Gasteiger partial charge in [-0.25, -0.2) is 14.4 Å². The number of esters is 3. The fraction of sp³-hybridized carbons (Fsp3) is 0.222. The highest BCUT2D eigenvalue weighted by molar-refractivity contribution is 5.91. The van der Waals surface area contributed by atoms with Crippen molar-refractivity contribution in [3.63, 3.8) is 0 Å². The number of carbonyl (C=O) groups is 3. The summed E-state index contributed by atoms with van der Waals surface area (Å²) in [6.45, 7) is 1.56. The minimum absolute atomic E-state index is 0.226. The van der Waals surface area contributed by atoms with E-state index in [1.165, 1.54) is 0 Å². The van der Waals surface area contributed by atoms with Crippen molar-refractivity contribution < 1.29 is 38.4 Å². The molecule has 3 aromatic rings. The summed E-state index contributed by atoms with van der Waals surface area (Å²) in [6, 6.07) is 24.6. The van der Waals surface area contributed by atoms with Crippen molar-refractivity contribution in [3.05, 3.63) is 108 Å². The number of benzene rings is 3. The lowest BCUT2D eigenvalue weighted by molar-refractivity contribution is -0.275. The molecule has 5 atom stereocenters. The van der Waals surface area contributed by atoms with E-state index in [1.54, 1.807) is 97.9 Å². The molecule has 0 radical (unpaired) electrons. The molecular formula is C27H24O8. The second-order valence-corrected chi connectivity index (χ2v) is 7.94. The number of ether oxygens (including phenoxy) is 4. The van der Waals surface area contributed by atoms with Crippen LogP contribution in [0.25, 0.3) is 0 Å². The van der Waals surface area contributed by atoms with Crippen LogP contribution in [0.15, 0.2) is 91.0 Å². The Balaban J connectivity index is 1.63. The fourth-order valence-electron chi connectivity index (χ4n) is 3.71. The molecular weight excluding hydrogens is 452 g/mol. The van der Waals surface area contributed by atoms with Crippen LogP contribution >= 0.6 is 0 Å². The van der Waals surface area contributed by atoms with E-state index in [9.17, 15) is 19.5 Å². The van der Waals surface area contributed by atoms with Crippen LogP contribution < -0.4 is 0 Å². The van der Waals surface area contributed by atoms with Crippen LogP contribution in [-0.4, -0.2) is 53.7 Å². The third kappa shape index (κ3) is 5.74. The summed E-state index contributed by atoms with van der Waals surface area (Å²) in [5.74, 6) is -2.18. The summed E-state index contributed by atoms with van der Waals surface area (Å²) in [7, 11) is 0. The molecule has 3 aromatic carbocycles. The molecule has 0 spiro atoms. The molecule has 0 saturated carbocycles. The average molecular weight is 476 g/mol. The van der Waals surface area contributed by atoms with Gasteiger partial charge in [0.2, 0.25) is 0 Å². The van der Waals surface area contributed by atoms with Gasteiger partial charge < -0.3 is 24.1 Å². The summed E-state index contributed by atoms with van der Waals surface area (Å²) in [4.78, 5) is 38.5. The number of rotatable bonds is 6. The van der Waals surface area contributed by atoms with Gasteiger partial charge in [0.05, 0.1) is 22.8 Å². The Kier molecular flexibility index (Phi) is 7.54. The average Bonchev–Trinajstić information content (AvgIpc) is 2.89. The molecule has 0 aliphatic carbocycles. The smallest absolute Gasteiger partial charge is 0.338 e. The van der Waals surface area contributed by atoms with Gasteiger partial charge in [-0.3, -0.25) is 0 Å². The Labute approximate surface area is 202 Å². The lowest BCUT2D eigenvalue weighted by Gasteiger charge is -2.42. The highest BCUT2D eigenvalue weighted by Gasteiger charge is 2.50. The third-order valence-corrected chi connectivity index (χ3v) is 5.50. The maximum Gasteiger partial charge on any atom is 0.338 e. The first-order valence-corrected chi connectivity index (χ1v) is 11.1. The van der Waals surface area contributed by atoms with Gasteiger partial charge in [0.25, 0.3) is 0 Å². The SMILES string of the molecule is C[C@@H]1O[C@@H](O)[C@@H](OC(=O)c2ccccc2)[C@H](OC(=O)c2ccccc2)[C@@H]1OC(=O)c1ccccc1. The predicted octanol–water partition coefficient (Wildman–Crippen LogP) is 3.40. The van der Waals surface area contributed by atoms with Gasteiger partial charge in [0.15, 0.2) is 24.6 Å². The van der Waals surface area contributed by atoms with Crippen LogP contribution in [0.1, 0.15) is 38.0 Å². The Bertz CT molecular complexity index is 1080. The molecule has 1 aliphatic heterocycles. The fourth-order valence-corrected chi connectivity index (χ4v) is 3.71. The number of aliphatic hydroxyl groups is 1. The lowest BCUT2D eigenvalue weighted by atomic mass is 9.98. The first-order valence-electron chi connectivity index (χ1n) is 11.1. The highest BCUT2D eigenvalue weighted by atomic mass is 16.7. The van der Waals surface area contributed by atoms with Crippen LogP contribution in [0.5, 0.6) is 0 Å². The topological polar surface area (TPSA) is 108 Å². The van der Waals surface area contributed by atoms with E-state index in [1.807, 2.05) is 0 Å². The molecule has 4 rings (SSSR count). The molecule has 0 amide bonds. The first-order chi connectivity index (χ1) is 16.9. The molecule has 1 heterocycles. The lowest BCUT2D eigenvalue weighted by Crippen LogP contribution is -2.60. The summed E-state index contributed by atoms with van der Waals surface area (Å²) >= 11 is 0. The zero-order chi connectivity index (χ0) is 24.8. The van der Waals surface area contributed by atoms with Crippen molar-refractivity contribution in [2.45, 2.75) is 37.6 Å². The second-order valence-electron chi connectivity index (χ2n) is 7.94. The van der Waals surface area contributed by atoms with Crippen molar-refractivity contribution in [3.8, 4) is 0 Å². The first kappa shape index (κ1) is 24.1. The van der Waals surface area contributed by atoms with Crippen LogP contribution in [0, 0.1) is 0 Å². The Morgan fingerprint density at radius 3 is 1.34 bits per heavy atom. The van der Waals surface area contributed by atoms with Gasteiger partial charge >= 0.3 is 17.9 Å². The quantitative estimate of drug-likeness (QED) is 0.426. The Morgan fingerprint density at radius 2 is 0.943 bits per heavy atom. The zero-order valence-corrected chi connectivity index (χ0v) is 18.9. The molecule has 0 unspecified atom stereocenters. The monoisotopic (exact) mass is 476 g/mol. The highest BCUT2D eigenvalue weighted by Crippen LogP contribution is 2.29. The zero-order valence-electron chi connectivity index (χ0n) is 18.9.